The summed E-state index contributed by atoms with van der Waals surface area (Å²) in [6.45, 7) is 0.610. The molecule has 84 valence electrons. The maximum Gasteiger partial charge on any atom is 0.238 e. The van der Waals surface area contributed by atoms with Crippen molar-refractivity contribution < 1.29 is 13.2 Å². The summed E-state index contributed by atoms with van der Waals surface area (Å²) in [4.78, 5) is 0.209. The summed E-state index contributed by atoms with van der Waals surface area (Å²) in [6, 6.07) is 6.77. The number of ether oxygens (including phenoxy) is 1. The van der Waals surface area contributed by atoms with Gasteiger partial charge in [-0.15, -0.1) is 0 Å². The zero-order valence-electron chi connectivity index (χ0n) is 8.64. The van der Waals surface area contributed by atoms with Crippen LogP contribution in [0.25, 0.3) is 0 Å². The fourth-order valence-corrected chi connectivity index (χ4v) is 2.20. The van der Waals surface area contributed by atoms with Gasteiger partial charge in [-0.25, -0.2) is 13.6 Å². The van der Waals surface area contributed by atoms with Crippen LogP contribution in [0.1, 0.15) is 12.0 Å². The molecule has 0 atom stereocenters. The smallest absolute Gasteiger partial charge is 0.238 e. The first-order valence-corrected chi connectivity index (χ1v) is 6.20. The van der Waals surface area contributed by atoms with Gasteiger partial charge in [-0.2, -0.15) is 0 Å². The number of hydrogen-bond donors (Lipinski definition) is 1. The predicted octanol–water partition coefficient (Wildman–Crippen LogP) is 0.913. The standard InChI is InChI=1S/C10H15NO3S/c1-14-8-4-6-9-5-2-3-7-10(9)15(11,12)13/h2-3,5,7H,4,6,8H2,1H3,(H2,11,12,13). The van der Waals surface area contributed by atoms with Crippen LogP contribution in [0.2, 0.25) is 0 Å². The third-order valence-electron chi connectivity index (χ3n) is 2.07. The number of methoxy groups -OCH3 is 1. The second kappa shape index (κ2) is 5.25. The van der Waals surface area contributed by atoms with E-state index in [0.29, 0.717) is 13.0 Å². The molecule has 4 nitrogen and oxygen atoms in total. The molecule has 15 heavy (non-hydrogen) atoms. The average molecular weight is 229 g/mol. The fourth-order valence-electron chi connectivity index (χ4n) is 1.39. The van der Waals surface area contributed by atoms with Crippen molar-refractivity contribution in [1.82, 2.24) is 0 Å². The molecule has 2 N–H and O–H groups in total. The molecule has 0 saturated heterocycles. The zero-order valence-corrected chi connectivity index (χ0v) is 9.46. The van der Waals surface area contributed by atoms with Gasteiger partial charge in [0.2, 0.25) is 10.0 Å². The van der Waals surface area contributed by atoms with Gasteiger partial charge >= 0.3 is 0 Å². The summed E-state index contributed by atoms with van der Waals surface area (Å²) in [5, 5.41) is 5.10. The van der Waals surface area contributed by atoms with Gasteiger partial charge in [-0.05, 0) is 24.5 Å². The van der Waals surface area contributed by atoms with Gasteiger partial charge in [-0.3, -0.25) is 0 Å². The highest BCUT2D eigenvalue weighted by Gasteiger charge is 2.12. The maximum absolute atomic E-state index is 11.2. The Morgan fingerprint density at radius 3 is 2.60 bits per heavy atom. The molecular weight excluding hydrogens is 214 g/mol. The van der Waals surface area contributed by atoms with E-state index in [4.69, 9.17) is 9.88 Å². The van der Waals surface area contributed by atoms with E-state index in [2.05, 4.69) is 0 Å². The van der Waals surface area contributed by atoms with Crippen molar-refractivity contribution in [2.45, 2.75) is 17.7 Å². The molecule has 5 heteroatoms. The van der Waals surface area contributed by atoms with Crippen LogP contribution in [-0.4, -0.2) is 22.1 Å². The molecule has 0 aliphatic heterocycles. The quantitative estimate of drug-likeness (QED) is 0.763. The maximum atomic E-state index is 11.2. The normalized spacial score (nSPS) is 11.6. The molecule has 0 bridgehead atoms. The second-order valence-electron chi connectivity index (χ2n) is 3.25. The first-order chi connectivity index (χ1) is 7.05. The zero-order chi connectivity index (χ0) is 11.3. The lowest BCUT2D eigenvalue weighted by molar-refractivity contribution is 0.195. The largest absolute Gasteiger partial charge is 0.385 e. The molecule has 0 fully saturated rings. The Labute approximate surface area is 90.1 Å². The Bertz CT molecular complexity index is 414. The van der Waals surface area contributed by atoms with E-state index >= 15 is 0 Å². The van der Waals surface area contributed by atoms with Crippen LogP contribution in [0.5, 0.6) is 0 Å². The number of rotatable bonds is 5. The highest BCUT2D eigenvalue weighted by Crippen LogP contribution is 2.15. The van der Waals surface area contributed by atoms with Crippen molar-refractivity contribution in [3.05, 3.63) is 29.8 Å². The van der Waals surface area contributed by atoms with Crippen molar-refractivity contribution in [3.8, 4) is 0 Å². The third-order valence-corrected chi connectivity index (χ3v) is 3.09. The van der Waals surface area contributed by atoms with Crippen molar-refractivity contribution in [2.75, 3.05) is 13.7 Å². The van der Waals surface area contributed by atoms with Crippen LogP contribution in [0.4, 0.5) is 0 Å². The summed E-state index contributed by atoms with van der Waals surface area (Å²) in [7, 11) is -1.99. The Morgan fingerprint density at radius 1 is 1.33 bits per heavy atom. The lowest BCUT2D eigenvalue weighted by Crippen LogP contribution is -2.14. The summed E-state index contributed by atoms with van der Waals surface area (Å²) in [5.74, 6) is 0. The summed E-state index contributed by atoms with van der Waals surface area (Å²) in [5.41, 5.74) is 0.747. The molecule has 0 radical (unpaired) electrons. The van der Waals surface area contributed by atoms with Crippen LogP contribution in [-0.2, 0) is 21.2 Å². The molecule has 0 aliphatic rings. The van der Waals surface area contributed by atoms with Crippen LogP contribution in [0, 0.1) is 0 Å². The molecule has 0 saturated carbocycles. The molecule has 0 unspecified atom stereocenters. The summed E-state index contributed by atoms with van der Waals surface area (Å²) >= 11 is 0. The van der Waals surface area contributed by atoms with Gasteiger partial charge in [0.25, 0.3) is 0 Å². The van der Waals surface area contributed by atoms with Gasteiger partial charge in [0.15, 0.2) is 0 Å². The van der Waals surface area contributed by atoms with Crippen molar-refractivity contribution in [2.24, 2.45) is 5.14 Å². The average Bonchev–Trinajstić information content (AvgIpc) is 2.17. The fraction of sp³-hybridized carbons (Fsp3) is 0.400. The van der Waals surface area contributed by atoms with E-state index in [0.717, 1.165) is 12.0 Å². The Balaban J connectivity index is 2.88. The first-order valence-electron chi connectivity index (χ1n) is 4.65. The van der Waals surface area contributed by atoms with Crippen molar-refractivity contribution in [1.29, 1.82) is 0 Å². The monoisotopic (exact) mass is 229 g/mol. The van der Waals surface area contributed by atoms with Gasteiger partial charge in [0.1, 0.15) is 0 Å². The first kappa shape index (κ1) is 12.2. The summed E-state index contributed by atoms with van der Waals surface area (Å²) < 4.78 is 27.4. The van der Waals surface area contributed by atoms with Crippen molar-refractivity contribution >= 4 is 10.0 Å². The minimum atomic E-state index is -3.61. The summed E-state index contributed by atoms with van der Waals surface area (Å²) in [6.07, 6.45) is 1.43. The van der Waals surface area contributed by atoms with E-state index in [1.54, 1.807) is 25.3 Å². The number of hydrogen-bond acceptors (Lipinski definition) is 3. The highest BCUT2D eigenvalue weighted by molar-refractivity contribution is 7.89. The van der Waals surface area contributed by atoms with E-state index in [9.17, 15) is 8.42 Å². The molecule has 0 aromatic heterocycles. The van der Waals surface area contributed by atoms with Gasteiger partial charge in [0, 0.05) is 13.7 Å². The van der Waals surface area contributed by atoms with E-state index in [-0.39, 0.29) is 4.90 Å². The van der Waals surface area contributed by atoms with Crippen LogP contribution >= 0.6 is 0 Å². The number of sulfonamides is 1. The van der Waals surface area contributed by atoms with Crippen LogP contribution in [0.3, 0.4) is 0 Å². The number of benzene rings is 1. The van der Waals surface area contributed by atoms with Gasteiger partial charge < -0.3 is 4.74 Å². The molecule has 0 spiro atoms. The van der Waals surface area contributed by atoms with Gasteiger partial charge in [0.05, 0.1) is 4.90 Å². The highest BCUT2D eigenvalue weighted by atomic mass is 32.2. The number of nitrogens with two attached hydrogens (primary N) is 1. The van der Waals surface area contributed by atoms with Gasteiger partial charge in [-0.1, -0.05) is 18.2 Å². The SMILES string of the molecule is COCCCc1ccccc1S(N)(=O)=O. The molecule has 1 aromatic rings. The molecule has 0 amide bonds. The lowest BCUT2D eigenvalue weighted by atomic mass is 10.1. The van der Waals surface area contributed by atoms with Crippen LogP contribution in [0.15, 0.2) is 29.2 Å². The molecular formula is C10H15NO3S. The minimum absolute atomic E-state index is 0.209. The Kier molecular flexibility index (Phi) is 4.26. The lowest BCUT2D eigenvalue weighted by Gasteiger charge is -2.06. The van der Waals surface area contributed by atoms with Crippen molar-refractivity contribution in [3.63, 3.8) is 0 Å². The Morgan fingerprint density at radius 2 is 2.00 bits per heavy atom. The van der Waals surface area contributed by atoms with E-state index in [1.807, 2.05) is 0 Å². The molecule has 1 aromatic carbocycles. The molecule has 1 rings (SSSR count). The molecule has 0 aliphatic carbocycles. The Hall–Kier alpha value is -0.910. The predicted molar refractivity (Wildman–Crippen MR) is 58.0 cm³/mol. The topological polar surface area (TPSA) is 69.4 Å². The number of primary sulfonamides is 1. The van der Waals surface area contributed by atoms with E-state index in [1.165, 1.54) is 6.07 Å². The van der Waals surface area contributed by atoms with E-state index < -0.39 is 10.0 Å². The third kappa shape index (κ3) is 3.62. The number of aryl methyl sites for hydroxylation is 1. The minimum Gasteiger partial charge on any atom is -0.385 e. The van der Waals surface area contributed by atoms with Crippen LogP contribution < -0.4 is 5.14 Å². The second-order valence-corrected chi connectivity index (χ2v) is 4.78. The molecule has 0 heterocycles.